The highest BCUT2D eigenvalue weighted by Crippen LogP contribution is 2.24. The molecule has 0 amide bonds. The fourth-order valence-corrected chi connectivity index (χ4v) is 3.02. The summed E-state index contributed by atoms with van der Waals surface area (Å²) in [5.74, 6) is -0.629. The second kappa shape index (κ2) is 5.46. The number of nitrogens with one attached hydrogen (secondary N) is 2. The first-order valence-electron chi connectivity index (χ1n) is 5.86. The summed E-state index contributed by atoms with van der Waals surface area (Å²) in [7, 11) is -2.38. The van der Waals surface area contributed by atoms with E-state index in [0.29, 0.717) is 11.3 Å². The van der Waals surface area contributed by atoms with Crippen LogP contribution < -0.4 is 10.0 Å². The molecule has 1 heterocycles. The monoisotopic (exact) mass is 295 g/mol. The number of rotatable bonds is 4. The molecule has 0 unspecified atom stereocenters. The summed E-state index contributed by atoms with van der Waals surface area (Å²) >= 11 is 0. The molecule has 5 nitrogen and oxygen atoms in total. The van der Waals surface area contributed by atoms with Crippen molar-refractivity contribution in [3.63, 3.8) is 0 Å². The van der Waals surface area contributed by atoms with Crippen molar-refractivity contribution in [2.45, 2.75) is 11.9 Å². The topological polar surface area (TPSA) is 71.1 Å². The van der Waals surface area contributed by atoms with Gasteiger partial charge in [0.15, 0.2) is 5.03 Å². The molecule has 1 aromatic carbocycles. The van der Waals surface area contributed by atoms with E-state index in [2.05, 4.69) is 15.0 Å². The molecule has 0 atom stereocenters. The van der Waals surface area contributed by atoms with Gasteiger partial charge in [-0.1, -0.05) is 12.1 Å². The Kier molecular flexibility index (Phi) is 3.89. The normalized spacial score (nSPS) is 11.2. The first kappa shape index (κ1) is 14.3. The Hall–Kier alpha value is -2.15. The Bertz CT molecular complexity index is 712. The number of anilines is 2. The molecule has 0 aliphatic rings. The highest BCUT2D eigenvalue weighted by Gasteiger charge is 2.22. The SMILES string of the molecule is CNc1cccnc1S(=O)(=O)Nc1c(C)cccc1F. The van der Waals surface area contributed by atoms with Crippen LogP contribution in [0.3, 0.4) is 0 Å². The number of aryl methyl sites for hydroxylation is 1. The predicted octanol–water partition coefficient (Wildman–Crippen LogP) is 2.37. The number of sulfonamides is 1. The Balaban J connectivity index is 2.47. The van der Waals surface area contributed by atoms with Gasteiger partial charge in [0.25, 0.3) is 10.0 Å². The third-order valence-corrected chi connectivity index (χ3v) is 4.06. The van der Waals surface area contributed by atoms with E-state index in [1.54, 1.807) is 32.2 Å². The molecular weight excluding hydrogens is 281 g/mol. The van der Waals surface area contributed by atoms with Gasteiger partial charge in [-0.25, -0.2) is 9.37 Å². The molecule has 0 radical (unpaired) electrons. The van der Waals surface area contributed by atoms with Gasteiger partial charge in [-0.05, 0) is 30.7 Å². The zero-order valence-electron chi connectivity index (χ0n) is 11.0. The molecule has 2 aromatic rings. The van der Waals surface area contributed by atoms with E-state index in [-0.39, 0.29) is 10.7 Å². The smallest absolute Gasteiger partial charge is 0.281 e. The van der Waals surface area contributed by atoms with Gasteiger partial charge in [-0.15, -0.1) is 0 Å². The fourth-order valence-electron chi connectivity index (χ4n) is 1.74. The van der Waals surface area contributed by atoms with Gasteiger partial charge in [-0.2, -0.15) is 8.42 Å². The van der Waals surface area contributed by atoms with Gasteiger partial charge < -0.3 is 5.32 Å². The molecule has 2 rings (SSSR count). The number of para-hydroxylation sites is 1. The molecule has 2 N–H and O–H groups in total. The standard InChI is InChI=1S/C13H14FN3O2S/c1-9-5-3-6-10(14)12(9)17-20(18,19)13-11(15-2)7-4-8-16-13/h3-8,15,17H,1-2H3. The van der Waals surface area contributed by atoms with Crippen LogP contribution in [0, 0.1) is 12.7 Å². The molecule has 0 saturated carbocycles. The van der Waals surface area contributed by atoms with E-state index in [4.69, 9.17) is 0 Å². The Morgan fingerprint density at radius 3 is 2.60 bits per heavy atom. The van der Waals surface area contributed by atoms with Gasteiger partial charge in [0, 0.05) is 13.2 Å². The molecule has 0 fully saturated rings. The molecule has 20 heavy (non-hydrogen) atoms. The Labute approximate surface area is 116 Å². The summed E-state index contributed by atoms with van der Waals surface area (Å²) in [6.07, 6.45) is 1.36. The summed E-state index contributed by atoms with van der Waals surface area (Å²) in [6, 6.07) is 7.53. The maximum atomic E-state index is 13.7. The van der Waals surface area contributed by atoms with Gasteiger partial charge in [0.1, 0.15) is 5.82 Å². The molecule has 0 spiro atoms. The number of pyridine rings is 1. The number of benzene rings is 1. The van der Waals surface area contributed by atoms with E-state index < -0.39 is 15.8 Å². The van der Waals surface area contributed by atoms with E-state index in [0.717, 1.165) is 0 Å². The summed E-state index contributed by atoms with van der Waals surface area (Å²) in [5, 5.41) is 2.57. The molecule has 106 valence electrons. The van der Waals surface area contributed by atoms with Crippen molar-refractivity contribution in [3.05, 3.63) is 47.9 Å². The molecule has 0 aliphatic heterocycles. The maximum absolute atomic E-state index is 13.7. The molecule has 0 saturated heterocycles. The summed E-state index contributed by atoms with van der Waals surface area (Å²) in [6.45, 7) is 1.62. The Morgan fingerprint density at radius 1 is 1.20 bits per heavy atom. The van der Waals surface area contributed by atoms with Crippen LogP contribution in [0.5, 0.6) is 0 Å². The van der Waals surface area contributed by atoms with Gasteiger partial charge in [0.2, 0.25) is 0 Å². The zero-order chi connectivity index (χ0) is 14.8. The lowest BCUT2D eigenvalue weighted by Crippen LogP contribution is -2.17. The van der Waals surface area contributed by atoms with E-state index in [1.807, 2.05) is 0 Å². The molecule has 7 heteroatoms. The molecule has 0 bridgehead atoms. The lowest BCUT2D eigenvalue weighted by Gasteiger charge is -2.13. The third-order valence-electron chi connectivity index (χ3n) is 2.75. The minimum atomic E-state index is -3.96. The lowest BCUT2D eigenvalue weighted by molar-refractivity contribution is 0.595. The van der Waals surface area contributed by atoms with E-state index >= 15 is 0 Å². The van der Waals surface area contributed by atoms with Crippen LogP contribution in [0.1, 0.15) is 5.56 Å². The van der Waals surface area contributed by atoms with Gasteiger partial charge in [0.05, 0.1) is 11.4 Å². The minimum Gasteiger partial charge on any atom is -0.386 e. The van der Waals surface area contributed by atoms with Crippen molar-refractivity contribution in [2.24, 2.45) is 0 Å². The van der Waals surface area contributed by atoms with Crippen molar-refractivity contribution in [3.8, 4) is 0 Å². The summed E-state index contributed by atoms with van der Waals surface area (Å²) < 4.78 is 40.6. The van der Waals surface area contributed by atoms with Crippen molar-refractivity contribution in [2.75, 3.05) is 17.1 Å². The van der Waals surface area contributed by atoms with Crippen LogP contribution in [-0.4, -0.2) is 20.4 Å². The summed E-state index contributed by atoms with van der Waals surface area (Å²) in [5.41, 5.74) is 0.768. The third kappa shape index (κ3) is 2.72. The first-order chi connectivity index (χ1) is 9.45. The number of hydrogen-bond acceptors (Lipinski definition) is 4. The highest BCUT2D eigenvalue weighted by atomic mass is 32.2. The lowest BCUT2D eigenvalue weighted by atomic mass is 10.2. The van der Waals surface area contributed by atoms with E-state index in [9.17, 15) is 12.8 Å². The summed E-state index contributed by atoms with van der Waals surface area (Å²) in [4.78, 5) is 3.84. The van der Waals surface area contributed by atoms with Crippen molar-refractivity contribution >= 4 is 21.4 Å². The second-order valence-corrected chi connectivity index (χ2v) is 5.74. The van der Waals surface area contributed by atoms with Crippen LogP contribution in [-0.2, 0) is 10.0 Å². The van der Waals surface area contributed by atoms with Gasteiger partial charge in [-0.3, -0.25) is 4.72 Å². The zero-order valence-corrected chi connectivity index (χ0v) is 11.8. The second-order valence-electron chi connectivity index (χ2n) is 4.14. The van der Waals surface area contributed by atoms with Crippen LogP contribution in [0.15, 0.2) is 41.6 Å². The average molecular weight is 295 g/mol. The first-order valence-corrected chi connectivity index (χ1v) is 7.34. The Morgan fingerprint density at radius 2 is 1.95 bits per heavy atom. The number of hydrogen-bond donors (Lipinski definition) is 2. The molecule has 0 aliphatic carbocycles. The minimum absolute atomic E-state index is 0.0693. The number of aromatic nitrogens is 1. The molecular formula is C13H14FN3O2S. The molecule has 1 aromatic heterocycles. The number of nitrogens with zero attached hydrogens (tertiary/aromatic N) is 1. The maximum Gasteiger partial charge on any atom is 0.281 e. The van der Waals surface area contributed by atoms with Crippen molar-refractivity contribution in [1.82, 2.24) is 4.98 Å². The van der Waals surface area contributed by atoms with Gasteiger partial charge >= 0.3 is 0 Å². The van der Waals surface area contributed by atoms with Crippen molar-refractivity contribution < 1.29 is 12.8 Å². The highest BCUT2D eigenvalue weighted by molar-refractivity contribution is 7.92. The largest absolute Gasteiger partial charge is 0.386 e. The van der Waals surface area contributed by atoms with Crippen LogP contribution >= 0.6 is 0 Å². The van der Waals surface area contributed by atoms with Crippen molar-refractivity contribution in [1.29, 1.82) is 0 Å². The quantitative estimate of drug-likeness (QED) is 0.908. The fraction of sp³-hybridized carbons (Fsp3) is 0.154. The predicted molar refractivity (Wildman–Crippen MR) is 75.7 cm³/mol. The van der Waals surface area contributed by atoms with Crippen LogP contribution in [0.25, 0.3) is 0 Å². The van der Waals surface area contributed by atoms with Crippen LogP contribution in [0.4, 0.5) is 15.8 Å². The van der Waals surface area contributed by atoms with Crippen LogP contribution in [0.2, 0.25) is 0 Å². The number of halogens is 1. The van der Waals surface area contributed by atoms with E-state index in [1.165, 1.54) is 18.3 Å². The average Bonchev–Trinajstić information content (AvgIpc) is 2.43.